The van der Waals surface area contributed by atoms with Gasteiger partial charge in [0.25, 0.3) is 15.9 Å². The van der Waals surface area contributed by atoms with Crippen molar-refractivity contribution in [2.75, 3.05) is 4.72 Å². The number of carbonyl (C=O) groups excluding carboxylic acids is 1. The maximum atomic E-state index is 12.7. The van der Waals surface area contributed by atoms with Gasteiger partial charge < -0.3 is 5.32 Å². The van der Waals surface area contributed by atoms with E-state index in [0.29, 0.717) is 12.2 Å². The number of benzene rings is 2. The van der Waals surface area contributed by atoms with Crippen LogP contribution in [0.5, 0.6) is 0 Å². The molecule has 3 rings (SSSR count). The Morgan fingerprint density at radius 3 is 2.54 bits per heavy atom. The van der Waals surface area contributed by atoms with Crippen LogP contribution in [0.25, 0.3) is 0 Å². The van der Waals surface area contributed by atoms with E-state index >= 15 is 0 Å². The van der Waals surface area contributed by atoms with Gasteiger partial charge in [0.05, 0.1) is 22.0 Å². The van der Waals surface area contributed by atoms with Gasteiger partial charge in [-0.25, -0.2) is 8.42 Å². The molecule has 0 bridgehead atoms. The van der Waals surface area contributed by atoms with Crippen molar-refractivity contribution in [1.82, 2.24) is 5.32 Å². The molecule has 0 fully saturated rings. The van der Waals surface area contributed by atoms with Crippen LogP contribution in [0.2, 0.25) is 5.02 Å². The lowest BCUT2D eigenvalue weighted by Gasteiger charge is -2.12. The molecule has 0 radical (unpaired) electrons. The second-order valence-electron chi connectivity index (χ2n) is 6.31. The number of amides is 1. The first-order valence-corrected chi connectivity index (χ1v) is 11.2. The molecule has 1 heterocycles. The molecule has 1 amide bonds. The highest BCUT2D eigenvalue weighted by molar-refractivity contribution is 7.92. The molecule has 2 aromatic carbocycles. The molecular formula is C20H19ClN2O3S2. The third kappa shape index (κ3) is 4.73. The molecule has 0 aliphatic carbocycles. The van der Waals surface area contributed by atoms with Crippen molar-refractivity contribution < 1.29 is 13.2 Å². The van der Waals surface area contributed by atoms with E-state index in [-0.39, 0.29) is 15.5 Å². The number of anilines is 1. The Hall–Kier alpha value is -2.35. The van der Waals surface area contributed by atoms with Crippen LogP contribution in [0, 0.1) is 13.8 Å². The summed E-state index contributed by atoms with van der Waals surface area (Å²) in [7, 11) is -3.86. The minimum absolute atomic E-state index is 0.0311. The third-order valence-corrected chi connectivity index (χ3v) is 6.84. The van der Waals surface area contributed by atoms with Crippen LogP contribution in [-0.4, -0.2) is 14.3 Å². The maximum absolute atomic E-state index is 12.7. The summed E-state index contributed by atoms with van der Waals surface area (Å²) >= 11 is 7.65. The van der Waals surface area contributed by atoms with E-state index in [1.807, 2.05) is 37.4 Å². The quantitative estimate of drug-likeness (QED) is 0.587. The predicted molar refractivity (Wildman–Crippen MR) is 114 cm³/mol. The zero-order chi connectivity index (χ0) is 20.3. The summed E-state index contributed by atoms with van der Waals surface area (Å²) in [6.45, 7) is 4.21. The molecule has 1 aromatic heterocycles. The Morgan fingerprint density at radius 2 is 1.86 bits per heavy atom. The lowest BCUT2D eigenvalue weighted by molar-refractivity contribution is 0.0951. The van der Waals surface area contributed by atoms with E-state index in [4.69, 9.17) is 11.6 Å². The number of rotatable bonds is 6. The molecule has 0 atom stereocenters. The molecule has 3 aromatic rings. The van der Waals surface area contributed by atoms with E-state index in [1.165, 1.54) is 29.5 Å². The molecule has 28 heavy (non-hydrogen) atoms. The van der Waals surface area contributed by atoms with Crippen molar-refractivity contribution in [2.24, 2.45) is 0 Å². The summed E-state index contributed by atoms with van der Waals surface area (Å²) in [5, 5.41) is 4.86. The van der Waals surface area contributed by atoms with Gasteiger partial charge in [0.15, 0.2) is 0 Å². The van der Waals surface area contributed by atoms with Crippen molar-refractivity contribution in [2.45, 2.75) is 25.3 Å². The van der Waals surface area contributed by atoms with Crippen LogP contribution in [-0.2, 0) is 16.6 Å². The average Bonchev–Trinajstić information content (AvgIpc) is 3.16. The zero-order valence-electron chi connectivity index (χ0n) is 15.3. The van der Waals surface area contributed by atoms with Crippen LogP contribution in [0.1, 0.15) is 26.4 Å². The molecule has 0 aliphatic rings. The summed E-state index contributed by atoms with van der Waals surface area (Å²) in [4.78, 5) is 13.4. The first-order chi connectivity index (χ1) is 13.3. The van der Waals surface area contributed by atoms with Crippen molar-refractivity contribution in [3.63, 3.8) is 0 Å². The van der Waals surface area contributed by atoms with Crippen LogP contribution in [0.4, 0.5) is 5.69 Å². The van der Waals surface area contributed by atoms with E-state index < -0.39 is 15.9 Å². The summed E-state index contributed by atoms with van der Waals surface area (Å²) in [5.41, 5.74) is 2.62. The average molecular weight is 435 g/mol. The number of halogens is 1. The first-order valence-electron chi connectivity index (χ1n) is 8.46. The Balaban J connectivity index is 1.82. The molecule has 0 aliphatic heterocycles. The fourth-order valence-electron chi connectivity index (χ4n) is 2.54. The van der Waals surface area contributed by atoms with Gasteiger partial charge in [0, 0.05) is 10.6 Å². The van der Waals surface area contributed by atoms with Crippen molar-refractivity contribution in [3.8, 4) is 0 Å². The number of sulfonamides is 1. The highest BCUT2D eigenvalue weighted by atomic mass is 35.5. The summed E-state index contributed by atoms with van der Waals surface area (Å²) < 4.78 is 28.0. The van der Waals surface area contributed by atoms with Gasteiger partial charge >= 0.3 is 0 Å². The van der Waals surface area contributed by atoms with Gasteiger partial charge in [-0.1, -0.05) is 23.7 Å². The highest BCUT2D eigenvalue weighted by Crippen LogP contribution is 2.24. The summed E-state index contributed by atoms with van der Waals surface area (Å²) in [6.07, 6.45) is 0. The van der Waals surface area contributed by atoms with Gasteiger partial charge in [-0.15, -0.1) is 11.3 Å². The zero-order valence-corrected chi connectivity index (χ0v) is 17.7. The number of aryl methyl sites for hydroxylation is 2. The number of nitrogens with one attached hydrogen (secondary N) is 2. The lowest BCUT2D eigenvalue weighted by Crippen LogP contribution is -2.23. The molecule has 2 N–H and O–H groups in total. The number of hydrogen-bond donors (Lipinski definition) is 2. The fourth-order valence-corrected chi connectivity index (χ4v) is 4.46. The van der Waals surface area contributed by atoms with Crippen LogP contribution >= 0.6 is 22.9 Å². The molecular weight excluding hydrogens is 416 g/mol. The Labute approximate surface area is 173 Å². The van der Waals surface area contributed by atoms with Gasteiger partial charge in [0.1, 0.15) is 0 Å². The van der Waals surface area contributed by atoms with E-state index in [9.17, 15) is 13.2 Å². The molecule has 8 heteroatoms. The topological polar surface area (TPSA) is 75.3 Å². The largest absolute Gasteiger partial charge is 0.347 e. The maximum Gasteiger partial charge on any atom is 0.261 e. The van der Waals surface area contributed by atoms with E-state index in [2.05, 4.69) is 10.0 Å². The second kappa shape index (κ2) is 8.34. The number of thiophene rings is 1. The first kappa shape index (κ1) is 20.4. The minimum atomic E-state index is -3.86. The number of carbonyl (C=O) groups is 1. The highest BCUT2D eigenvalue weighted by Gasteiger charge is 2.19. The normalized spacial score (nSPS) is 11.2. The Bertz CT molecular complexity index is 1110. The molecule has 0 unspecified atom stereocenters. The van der Waals surface area contributed by atoms with E-state index in [1.54, 1.807) is 12.1 Å². The van der Waals surface area contributed by atoms with Crippen molar-refractivity contribution in [3.05, 3.63) is 80.5 Å². The smallest absolute Gasteiger partial charge is 0.261 e. The minimum Gasteiger partial charge on any atom is -0.347 e. The standard InChI is InChI=1S/C20H19ClN2O3S2/c1-13-5-6-15(10-14(13)2)23-28(25,26)17-7-8-19(21)18(11-17)20(24)22-12-16-4-3-9-27-16/h3-11,23H,12H2,1-2H3,(H,22,24). The number of hydrogen-bond acceptors (Lipinski definition) is 4. The molecule has 0 saturated heterocycles. The van der Waals surface area contributed by atoms with Gasteiger partial charge in [-0.2, -0.15) is 0 Å². The van der Waals surface area contributed by atoms with Crippen molar-refractivity contribution in [1.29, 1.82) is 0 Å². The second-order valence-corrected chi connectivity index (χ2v) is 9.43. The molecule has 5 nitrogen and oxygen atoms in total. The Morgan fingerprint density at radius 1 is 1.07 bits per heavy atom. The van der Waals surface area contributed by atoms with Crippen LogP contribution in [0.3, 0.4) is 0 Å². The molecule has 0 saturated carbocycles. The van der Waals surface area contributed by atoms with Crippen molar-refractivity contribution >= 4 is 44.6 Å². The lowest BCUT2D eigenvalue weighted by atomic mass is 10.1. The van der Waals surface area contributed by atoms with Crippen LogP contribution < -0.4 is 10.0 Å². The predicted octanol–water partition coefficient (Wildman–Crippen LogP) is 4.75. The van der Waals surface area contributed by atoms with Gasteiger partial charge in [-0.3, -0.25) is 9.52 Å². The Kier molecular flexibility index (Phi) is 6.07. The summed E-state index contributed by atoms with van der Waals surface area (Å²) in [5.74, 6) is -0.429. The van der Waals surface area contributed by atoms with Gasteiger partial charge in [-0.05, 0) is 66.8 Å². The van der Waals surface area contributed by atoms with E-state index in [0.717, 1.165) is 16.0 Å². The monoisotopic (exact) mass is 434 g/mol. The van der Waals surface area contributed by atoms with Crippen LogP contribution in [0.15, 0.2) is 58.8 Å². The third-order valence-electron chi connectivity index (χ3n) is 4.26. The summed E-state index contributed by atoms with van der Waals surface area (Å²) in [6, 6.07) is 13.2. The SMILES string of the molecule is Cc1ccc(NS(=O)(=O)c2ccc(Cl)c(C(=O)NCc3cccs3)c2)cc1C. The molecule has 146 valence electrons. The van der Waals surface area contributed by atoms with Gasteiger partial charge in [0.2, 0.25) is 0 Å². The fraction of sp³-hybridized carbons (Fsp3) is 0.150. The molecule has 0 spiro atoms.